The van der Waals surface area contributed by atoms with E-state index >= 15 is 0 Å². The van der Waals surface area contributed by atoms with Crippen molar-refractivity contribution in [1.29, 1.82) is 0 Å². The predicted octanol–water partition coefficient (Wildman–Crippen LogP) is 2.36. The zero-order chi connectivity index (χ0) is 17.1. The molecule has 0 saturated carbocycles. The lowest BCUT2D eigenvalue weighted by Gasteiger charge is -2.36. The molecular formula is C19H29N3O2S. The number of rotatable bonds is 4. The van der Waals surface area contributed by atoms with Crippen LogP contribution in [-0.4, -0.2) is 68.2 Å². The smallest absolute Gasteiger partial charge is 0.263 e. The van der Waals surface area contributed by atoms with E-state index < -0.39 is 0 Å². The van der Waals surface area contributed by atoms with Crippen LogP contribution in [0, 0.1) is 5.92 Å². The third-order valence-corrected chi connectivity index (χ3v) is 6.95. The first-order valence-corrected chi connectivity index (χ1v) is 10.5. The van der Waals surface area contributed by atoms with Gasteiger partial charge in [-0.2, -0.15) is 0 Å². The molecule has 4 heterocycles. The number of hydrogen-bond donors (Lipinski definition) is 1. The van der Waals surface area contributed by atoms with Crippen molar-refractivity contribution in [2.45, 2.75) is 31.7 Å². The molecular weight excluding hydrogens is 334 g/mol. The summed E-state index contributed by atoms with van der Waals surface area (Å²) in [5.74, 6) is 0.961. The van der Waals surface area contributed by atoms with Crippen molar-refractivity contribution in [3.8, 4) is 0 Å². The van der Waals surface area contributed by atoms with E-state index in [4.69, 9.17) is 4.74 Å². The fourth-order valence-electron chi connectivity index (χ4n) is 4.21. The van der Waals surface area contributed by atoms with E-state index in [2.05, 4.69) is 21.2 Å². The monoisotopic (exact) mass is 363 g/mol. The topological polar surface area (TPSA) is 44.8 Å². The van der Waals surface area contributed by atoms with Gasteiger partial charge in [-0.1, -0.05) is 0 Å². The number of thiophene rings is 1. The number of nitrogens with zero attached hydrogens (tertiary/aromatic N) is 2. The highest BCUT2D eigenvalue weighted by atomic mass is 32.1. The molecule has 1 atom stereocenters. The van der Waals surface area contributed by atoms with Crippen LogP contribution in [0.5, 0.6) is 0 Å². The Labute approximate surface area is 154 Å². The minimum atomic E-state index is 0.235. The van der Waals surface area contributed by atoms with Gasteiger partial charge in [-0.25, -0.2) is 0 Å². The Bertz CT molecular complexity index is 571. The van der Waals surface area contributed by atoms with Crippen LogP contribution in [0.15, 0.2) is 12.1 Å². The second-order valence-corrected chi connectivity index (χ2v) is 8.61. The molecule has 1 aromatic heterocycles. The van der Waals surface area contributed by atoms with Crippen LogP contribution >= 0.6 is 11.3 Å². The molecule has 0 aromatic carbocycles. The Hall–Kier alpha value is -0.950. The van der Waals surface area contributed by atoms with E-state index in [0.29, 0.717) is 6.04 Å². The molecule has 138 valence electrons. The summed E-state index contributed by atoms with van der Waals surface area (Å²) in [7, 11) is 0. The Morgan fingerprint density at radius 3 is 2.68 bits per heavy atom. The largest absolute Gasteiger partial charge is 0.379 e. The van der Waals surface area contributed by atoms with E-state index in [1.807, 2.05) is 6.07 Å². The molecule has 0 bridgehead atoms. The predicted molar refractivity (Wildman–Crippen MR) is 100 cm³/mol. The third-order valence-electron chi connectivity index (χ3n) is 5.76. The molecule has 0 aliphatic carbocycles. The average Bonchev–Trinajstić information content (AvgIpc) is 3.34. The molecule has 6 heteroatoms. The Morgan fingerprint density at radius 2 is 1.96 bits per heavy atom. The minimum Gasteiger partial charge on any atom is -0.379 e. The molecule has 1 amide bonds. The molecule has 25 heavy (non-hydrogen) atoms. The van der Waals surface area contributed by atoms with Gasteiger partial charge in [0.15, 0.2) is 0 Å². The SMILES string of the molecule is O=C(c1ccc(C2CCCN2)s1)N1CCC(CN2CCOCC2)CC1. The molecule has 3 fully saturated rings. The fraction of sp³-hybridized carbons (Fsp3) is 0.737. The van der Waals surface area contributed by atoms with Crippen LogP contribution in [0.4, 0.5) is 0 Å². The zero-order valence-corrected chi connectivity index (χ0v) is 15.7. The van der Waals surface area contributed by atoms with Gasteiger partial charge in [0.1, 0.15) is 0 Å². The van der Waals surface area contributed by atoms with Crippen LogP contribution in [0.1, 0.15) is 46.3 Å². The fourth-order valence-corrected chi connectivity index (χ4v) is 5.29. The van der Waals surface area contributed by atoms with Crippen molar-refractivity contribution in [3.63, 3.8) is 0 Å². The molecule has 3 aliphatic rings. The number of amides is 1. The van der Waals surface area contributed by atoms with Crippen LogP contribution < -0.4 is 5.32 Å². The molecule has 5 nitrogen and oxygen atoms in total. The second kappa shape index (κ2) is 8.16. The van der Waals surface area contributed by atoms with Crippen LogP contribution in [-0.2, 0) is 4.74 Å². The number of likely N-dealkylation sites (tertiary alicyclic amines) is 1. The number of piperidine rings is 1. The summed E-state index contributed by atoms with van der Waals surface area (Å²) in [4.78, 5) is 19.6. The van der Waals surface area contributed by atoms with E-state index in [1.165, 1.54) is 24.3 Å². The number of carbonyl (C=O) groups is 1. The molecule has 0 radical (unpaired) electrons. The standard InChI is InChI=1S/C19H29N3O2S/c23-19(18-4-3-17(25-18)16-2-1-7-20-16)22-8-5-15(6-9-22)14-21-10-12-24-13-11-21/h3-4,15-16,20H,1-2,5-14H2. The quantitative estimate of drug-likeness (QED) is 0.892. The van der Waals surface area contributed by atoms with Gasteiger partial charge >= 0.3 is 0 Å². The normalized spacial score (nSPS) is 26.2. The second-order valence-electron chi connectivity index (χ2n) is 7.50. The first-order chi connectivity index (χ1) is 12.3. The Morgan fingerprint density at radius 1 is 1.16 bits per heavy atom. The van der Waals surface area contributed by atoms with E-state index in [9.17, 15) is 4.79 Å². The summed E-state index contributed by atoms with van der Waals surface area (Å²) in [5, 5.41) is 3.52. The maximum Gasteiger partial charge on any atom is 0.263 e. The van der Waals surface area contributed by atoms with Gasteiger partial charge in [0, 0.05) is 43.6 Å². The molecule has 3 saturated heterocycles. The maximum atomic E-state index is 12.8. The summed E-state index contributed by atoms with van der Waals surface area (Å²) >= 11 is 1.69. The van der Waals surface area contributed by atoms with Crippen LogP contribution in [0.2, 0.25) is 0 Å². The summed E-state index contributed by atoms with van der Waals surface area (Å²) in [6.07, 6.45) is 4.70. The van der Waals surface area contributed by atoms with Gasteiger partial charge in [0.05, 0.1) is 18.1 Å². The van der Waals surface area contributed by atoms with Crippen molar-refractivity contribution in [3.05, 3.63) is 21.9 Å². The molecule has 1 aromatic rings. The summed E-state index contributed by atoms with van der Waals surface area (Å²) in [5.41, 5.74) is 0. The van der Waals surface area contributed by atoms with Crippen molar-refractivity contribution in [2.24, 2.45) is 5.92 Å². The van der Waals surface area contributed by atoms with Crippen molar-refractivity contribution >= 4 is 17.2 Å². The molecule has 3 aliphatic heterocycles. The zero-order valence-electron chi connectivity index (χ0n) is 14.9. The first kappa shape index (κ1) is 17.5. The first-order valence-electron chi connectivity index (χ1n) is 9.72. The lowest BCUT2D eigenvalue weighted by Crippen LogP contribution is -2.44. The lowest BCUT2D eigenvalue weighted by atomic mass is 9.96. The van der Waals surface area contributed by atoms with Crippen molar-refractivity contribution < 1.29 is 9.53 Å². The van der Waals surface area contributed by atoms with Gasteiger partial charge in [-0.15, -0.1) is 11.3 Å². The molecule has 4 rings (SSSR count). The van der Waals surface area contributed by atoms with Gasteiger partial charge < -0.3 is 15.0 Å². The van der Waals surface area contributed by atoms with E-state index in [0.717, 1.165) is 69.6 Å². The Balaban J connectivity index is 1.27. The minimum absolute atomic E-state index is 0.235. The Kier molecular flexibility index (Phi) is 5.70. The van der Waals surface area contributed by atoms with Crippen molar-refractivity contribution in [2.75, 3.05) is 52.5 Å². The number of hydrogen-bond acceptors (Lipinski definition) is 5. The summed E-state index contributed by atoms with van der Waals surface area (Å²) in [6, 6.07) is 4.64. The van der Waals surface area contributed by atoms with Crippen molar-refractivity contribution in [1.82, 2.24) is 15.1 Å². The van der Waals surface area contributed by atoms with E-state index in [1.54, 1.807) is 11.3 Å². The maximum absolute atomic E-state index is 12.8. The molecule has 1 unspecified atom stereocenters. The van der Waals surface area contributed by atoms with Gasteiger partial charge in [-0.3, -0.25) is 9.69 Å². The van der Waals surface area contributed by atoms with Gasteiger partial charge in [0.2, 0.25) is 0 Å². The van der Waals surface area contributed by atoms with E-state index in [-0.39, 0.29) is 5.91 Å². The van der Waals surface area contributed by atoms with Gasteiger partial charge in [-0.05, 0) is 50.3 Å². The summed E-state index contributed by atoms with van der Waals surface area (Å²) < 4.78 is 5.43. The highest BCUT2D eigenvalue weighted by molar-refractivity contribution is 7.14. The molecule has 1 N–H and O–H groups in total. The van der Waals surface area contributed by atoms with Crippen LogP contribution in [0.25, 0.3) is 0 Å². The lowest BCUT2D eigenvalue weighted by molar-refractivity contribution is 0.0243. The number of nitrogens with one attached hydrogen (secondary N) is 1. The number of carbonyl (C=O) groups excluding carboxylic acids is 1. The third kappa shape index (κ3) is 4.25. The highest BCUT2D eigenvalue weighted by Crippen LogP contribution is 2.30. The summed E-state index contributed by atoms with van der Waals surface area (Å²) in [6.45, 7) is 7.94. The molecule has 0 spiro atoms. The number of morpholine rings is 1. The average molecular weight is 364 g/mol. The van der Waals surface area contributed by atoms with Crippen LogP contribution in [0.3, 0.4) is 0 Å². The van der Waals surface area contributed by atoms with Gasteiger partial charge in [0.25, 0.3) is 5.91 Å². The number of ether oxygens (including phenoxy) is 1. The highest BCUT2D eigenvalue weighted by Gasteiger charge is 2.27.